The number of amides is 1. The molecule has 27 heavy (non-hydrogen) atoms. The van der Waals surface area contributed by atoms with Gasteiger partial charge in [0.2, 0.25) is 0 Å². The number of nitrogens with zero attached hydrogens (tertiary/aromatic N) is 4. The van der Waals surface area contributed by atoms with E-state index >= 15 is 0 Å². The van der Waals surface area contributed by atoms with Gasteiger partial charge in [-0.1, -0.05) is 6.92 Å². The van der Waals surface area contributed by atoms with Gasteiger partial charge in [0, 0.05) is 50.7 Å². The highest BCUT2D eigenvalue weighted by atomic mass is 32.1. The van der Waals surface area contributed by atoms with E-state index in [2.05, 4.69) is 27.2 Å². The number of carbonyl (C=O) groups is 1. The van der Waals surface area contributed by atoms with Crippen LogP contribution >= 0.6 is 11.3 Å². The number of thiazole rings is 1. The Labute approximate surface area is 161 Å². The first-order valence-corrected chi connectivity index (χ1v) is 10.1. The Balaban J connectivity index is 1.40. The maximum absolute atomic E-state index is 12.8. The molecule has 8 heteroatoms. The summed E-state index contributed by atoms with van der Waals surface area (Å²) >= 11 is 1.72. The minimum Gasteiger partial charge on any atom is -0.336 e. The number of aromatic nitrogens is 3. The van der Waals surface area contributed by atoms with Crippen molar-refractivity contribution < 1.29 is 4.79 Å². The lowest BCUT2D eigenvalue weighted by Crippen LogP contribution is -2.48. The number of aryl methyl sites for hydroxylation is 2. The summed E-state index contributed by atoms with van der Waals surface area (Å²) < 4.78 is 1.55. The predicted molar refractivity (Wildman–Crippen MR) is 106 cm³/mol. The van der Waals surface area contributed by atoms with E-state index in [0.29, 0.717) is 24.2 Å². The SMILES string of the molecule is CCc1nc(CN2CCN(C(=O)c3ccc4c(c3)[nH]c(=O)n4C)CC2)cs1. The molecule has 1 aliphatic heterocycles. The van der Waals surface area contributed by atoms with Crippen LogP contribution in [0.15, 0.2) is 28.4 Å². The van der Waals surface area contributed by atoms with Crippen molar-refractivity contribution in [3.63, 3.8) is 0 Å². The Morgan fingerprint density at radius 1 is 1.26 bits per heavy atom. The minimum atomic E-state index is -0.170. The Kier molecular flexibility index (Phi) is 4.84. The van der Waals surface area contributed by atoms with Crippen LogP contribution in [0.3, 0.4) is 0 Å². The number of aromatic amines is 1. The summed E-state index contributed by atoms with van der Waals surface area (Å²) in [7, 11) is 1.72. The van der Waals surface area contributed by atoms with Crippen molar-refractivity contribution in [2.75, 3.05) is 26.2 Å². The monoisotopic (exact) mass is 385 g/mol. The summed E-state index contributed by atoms with van der Waals surface area (Å²) in [6.07, 6.45) is 0.976. The smallest absolute Gasteiger partial charge is 0.326 e. The number of hydrogen-bond donors (Lipinski definition) is 1. The third kappa shape index (κ3) is 3.54. The molecule has 0 aliphatic carbocycles. The summed E-state index contributed by atoms with van der Waals surface area (Å²) in [4.78, 5) is 36.2. The first kappa shape index (κ1) is 17.9. The van der Waals surface area contributed by atoms with Crippen molar-refractivity contribution in [1.29, 1.82) is 0 Å². The average molecular weight is 385 g/mol. The molecule has 1 amide bonds. The number of H-pyrrole nitrogens is 1. The highest BCUT2D eigenvalue weighted by Gasteiger charge is 2.23. The molecule has 4 rings (SSSR count). The molecule has 2 aromatic heterocycles. The summed E-state index contributed by atoms with van der Waals surface area (Å²) in [6, 6.07) is 5.39. The lowest BCUT2D eigenvalue weighted by Gasteiger charge is -2.34. The first-order valence-electron chi connectivity index (χ1n) is 9.19. The molecule has 142 valence electrons. The maximum Gasteiger partial charge on any atom is 0.326 e. The van der Waals surface area contributed by atoms with E-state index in [1.165, 1.54) is 5.01 Å². The number of imidazole rings is 1. The van der Waals surface area contributed by atoms with Gasteiger partial charge in [0.25, 0.3) is 5.91 Å². The molecule has 0 spiro atoms. The van der Waals surface area contributed by atoms with Gasteiger partial charge in [0.05, 0.1) is 21.7 Å². The predicted octanol–water partition coefficient (Wildman–Crippen LogP) is 1.84. The Hall–Kier alpha value is -2.45. The van der Waals surface area contributed by atoms with Gasteiger partial charge in [-0.25, -0.2) is 9.78 Å². The van der Waals surface area contributed by atoms with Gasteiger partial charge >= 0.3 is 5.69 Å². The van der Waals surface area contributed by atoms with Crippen LogP contribution in [-0.4, -0.2) is 56.4 Å². The molecule has 7 nitrogen and oxygen atoms in total. The van der Waals surface area contributed by atoms with Crippen LogP contribution in [0.5, 0.6) is 0 Å². The summed E-state index contributed by atoms with van der Waals surface area (Å²) in [5, 5.41) is 3.31. The van der Waals surface area contributed by atoms with Gasteiger partial charge in [-0.2, -0.15) is 0 Å². The highest BCUT2D eigenvalue weighted by molar-refractivity contribution is 7.09. The number of rotatable bonds is 4. The van der Waals surface area contributed by atoms with Crippen molar-refractivity contribution in [1.82, 2.24) is 24.3 Å². The fourth-order valence-electron chi connectivity index (χ4n) is 3.47. The van der Waals surface area contributed by atoms with Gasteiger partial charge < -0.3 is 9.88 Å². The average Bonchev–Trinajstić information content (AvgIpc) is 3.25. The molecule has 1 fully saturated rings. The quantitative estimate of drug-likeness (QED) is 0.744. The van der Waals surface area contributed by atoms with Crippen molar-refractivity contribution in [3.8, 4) is 0 Å². The van der Waals surface area contributed by atoms with E-state index in [0.717, 1.165) is 37.3 Å². The normalized spacial score (nSPS) is 15.6. The van der Waals surface area contributed by atoms with Crippen LogP contribution in [0.2, 0.25) is 0 Å². The fraction of sp³-hybridized carbons (Fsp3) is 0.421. The van der Waals surface area contributed by atoms with Crippen LogP contribution in [0.4, 0.5) is 0 Å². The Morgan fingerprint density at radius 2 is 2.04 bits per heavy atom. The van der Waals surface area contributed by atoms with Gasteiger partial charge in [-0.05, 0) is 24.6 Å². The number of benzene rings is 1. The number of piperazine rings is 1. The van der Waals surface area contributed by atoms with Crippen molar-refractivity contribution in [2.24, 2.45) is 7.05 Å². The van der Waals surface area contributed by atoms with Crippen molar-refractivity contribution in [2.45, 2.75) is 19.9 Å². The summed E-state index contributed by atoms with van der Waals surface area (Å²) in [6.45, 7) is 6.05. The molecule has 1 aromatic carbocycles. The molecular weight excluding hydrogens is 362 g/mol. The number of nitrogens with one attached hydrogen (secondary N) is 1. The Bertz CT molecular complexity index is 1030. The molecule has 3 aromatic rings. The second kappa shape index (κ2) is 7.28. The van der Waals surface area contributed by atoms with Crippen LogP contribution in [0.25, 0.3) is 11.0 Å². The molecule has 1 saturated heterocycles. The zero-order valence-electron chi connectivity index (χ0n) is 15.6. The molecule has 1 N–H and O–H groups in total. The van der Waals surface area contributed by atoms with E-state index in [-0.39, 0.29) is 11.6 Å². The van der Waals surface area contributed by atoms with Crippen LogP contribution < -0.4 is 5.69 Å². The van der Waals surface area contributed by atoms with Gasteiger partial charge in [0.15, 0.2) is 0 Å². The standard InChI is InChI=1S/C19H23N5O2S/c1-3-17-20-14(12-27-17)11-23-6-8-24(9-7-23)18(25)13-4-5-16-15(10-13)21-19(26)22(16)2/h4-5,10,12H,3,6-9,11H2,1-2H3,(H,21,26). The topological polar surface area (TPSA) is 74.2 Å². The van der Waals surface area contributed by atoms with Crippen LogP contribution in [0.1, 0.15) is 28.0 Å². The largest absolute Gasteiger partial charge is 0.336 e. The second-order valence-electron chi connectivity index (χ2n) is 6.88. The fourth-order valence-corrected chi connectivity index (χ4v) is 4.21. The molecule has 0 unspecified atom stereocenters. The molecule has 0 saturated carbocycles. The van der Waals surface area contributed by atoms with E-state index in [4.69, 9.17) is 0 Å². The second-order valence-corrected chi connectivity index (χ2v) is 7.82. The lowest BCUT2D eigenvalue weighted by atomic mass is 10.1. The third-order valence-corrected chi connectivity index (χ3v) is 6.14. The number of carbonyl (C=O) groups excluding carboxylic acids is 1. The highest BCUT2D eigenvalue weighted by Crippen LogP contribution is 2.17. The zero-order chi connectivity index (χ0) is 19.0. The molecule has 0 atom stereocenters. The van der Waals surface area contributed by atoms with Gasteiger partial charge in [0.1, 0.15) is 0 Å². The van der Waals surface area contributed by atoms with Crippen LogP contribution in [-0.2, 0) is 20.0 Å². The van der Waals surface area contributed by atoms with Crippen molar-refractivity contribution >= 4 is 28.3 Å². The van der Waals surface area contributed by atoms with E-state index in [1.807, 2.05) is 11.0 Å². The summed E-state index contributed by atoms with van der Waals surface area (Å²) in [5.74, 6) is 0.0168. The van der Waals surface area contributed by atoms with E-state index < -0.39 is 0 Å². The molecule has 0 radical (unpaired) electrons. The lowest BCUT2D eigenvalue weighted by molar-refractivity contribution is 0.0627. The molecular formula is C19H23N5O2S. The van der Waals surface area contributed by atoms with Gasteiger partial charge in [-0.3, -0.25) is 14.3 Å². The molecule has 3 heterocycles. The first-order chi connectivity index (χ1) is 13.0. The minimum absolute atomic E-state index is 0.0168. The van der Waals surface area contributed by atoms with E-state index in [9.17, 15) is 9.59 Å². The maximum atomic E-state index is 12.8. The Morgan fingerprint density at radius 3 is 2.74 bits per heavy atom. The zero-order valence-corrected chi connectivity index (χ0v) is 16.4. The van der Waals surface area contributed by atoms with Gasteiger partial charge in [-0.15, -0.1) is 11.3 Å². The summed E-state index contributed by atoms with van der Waals surface area (Å²) in [5.41, 5.74) is 3.06. The van der Waals surface area contributed by atoms with Crippen molar-refractivity contribution in [3.05, 3.63) is 50.3 Å². The number of hydrogen-bond acceptors (Lipinski definition) is 5. The number of fused-ring (bicyclic) bond motifs is 1. The van der Waals surface area contributed by atoms with Crippen LogP contribution in [0, 0.1) is 0 Å². The molecule has 0 bridgehead atoms. The molecule has 1 aliphatic rings. The third-order valence-electron chi connectivity index (χ3n) is 5.10. The van der Waals surface area contributed by atoms with E-state index in [1.54, 1.807) is 35.1 Å².